The highest BCUT2D eigenvalue weighted by atomic mass is 79.9. The van der Waals surface area contributed by atoms with Gasteiger partial charge in [0.25, 0.3) is 5.89 Å². The summed E-state index contributed by atoms with van der Waals surface area (Å²) in [5.74, 6) is 0.0402. The van der Waals surface area contributed by atoms with Crippen LogP contribution in [-0.2, 0) is 11.3 Å². The molecule has 0 aliphatic rings. The van der Waals surface area contributed by atoms with Gasteiger partial charge in [-0.05, 0) is 70.5 Å². The Morgan fingerprint density at radius 1 is 1.19 bits per heavy atom. The fourth-order valence-electron chi connectivity index (χ4n) is 3.02. The van der Waals surface area contributed by atoms with Crippen molar-refractivity contribution in [2.45, 2.75) is 6.54 Å². The molecule has 0 bridgehead atoms. The van der Waals surface area contributed by atoms with E-state index in [0.717, 1.165) is 5.69 Å². The summed E-state index contributed by atoms with van der Waals surface area (Å²) in [6.07, 6.45) is 1.77. The molecule has 0 aliphatic carbocycles. The van der Waals surface area contributed by atoms with Gasteiger partial charge in [-0.25, -0.2) is 4.39 Å². The summed E-state index contributed by atoms with van der Waals surface area (Å²) in [7, 11) is 3.91. The Balaban J connectivity index is 1.48. The first-order chi connectivity index (χ1) is 14.9. The molecule has 9 heteroatoms. The van der Waals surface area contributed by atoms with Gasteiger partial charge in [0, 0.05) is 37.2 Å². The number of amides is 1. The largest absolute Gasteiger partial charge is 0.378 e. The van der Waals surface area contributed by atoms with Crippen molar-refractivity contribution in [3.63, 3.8) is 0 Å². The third kappa shape index (κ3) is 4.66. The molecule has 31 heavy (non-hydrogen) atoms. The molecule has 2 aromatic heterocycles. The minimum atomic E-state index is -0.372. The number of benzene rings is 2. The number of nitrogens with one attached hydrogen (secondary N) is 1. The first-order valence-electron chi connectivity index (χ1n) is 9.42. The monoisotopic (exact) mass is 483 g/mol. The topological polar surface area (TPSA) is 76.2 Å². The second kappa shape index (κ2) is 8.73. The zero-order chi connectivity index (χ0) is 22.0. The van der Waals surface area contributed by atoms with E-state index in [9.17, 15) is 9.18 Å². The van der Waals surface area contributed by atoms with Gasteiger partial charge in [0.1, 0.15) is 18.1 Å². The summed E-state index contributed by atoms with van der Waals surface area (Å²) < 4.78 is 20.9. The van der Waals surface area contributed by atoms with Crippen LogP contribution in [0.3, 0.4) is 0 Å². The number of rotatable bonds is 6. The molecule has 2 aromatic carbocycles. The number of carbonyl (C=O) groups excluding carboxylic acids is 1. The second-order valence-corrected chi connectivity index (χ2v) is 7.92. The molecule has 0 aliphatic heterocycles. The molecule has 4 aromatic rings. The minimum Gasteiger partial charge on any atom is -0.378 e. The summed E-state index contributed by atoms with van der Waals surface area (Å²) in [6.45, 7) is 0.0809. The summed E-state index contributed by atoms with van der Waals surface area (Å²) in [5.41, 5.74) is 2.98. The summed E-state index contributed by atoms with van der Waals surface area (Å²) in [5, 5.41) is 6.86. The van der Waals surface area contributed by atoms with Crippen molar-refractivity contribution in [1.82, 2.24) is 14.7 Å². The molecule has 158 valence electrons. The Hall–Kier alpha value is -3.46. The van der Waals surface area contributed by atoms with E-state index >= 15 is 0 Å². The van der Waals surface area contributed by atoms with Gasteiger partial charge in [-0.3, -0.25) is 4.79 Å². The lowest BCUT2D eigenvalue weighted by molar-refractivity contribution is -0.116. The Morgan fingerprint density at radius 2 is 1.97 bits per heavy atom. The highest BCUT2D eigenvalue weighted by Crippen LogP contribution is 2.26. The molecule has 0 unspecified atom stereocenters. The summed E-state index contributed by atoms with van der Waals surface area (Å²) in [4.78, 5) is 18.9. The van der Waals surface area contributed by atoms with Crippen molar-refractivity contribution in [2.24, 2.45) is 0 Å². The van der Waals surface area contributed by atoms with Crippen molar-refractivity contribution in [1.29, 1.82) is 0 Å². The predicted molar refractivity (Wildman–Crippen MR) is 120 cm³/mol. The molecule has 7 nitrogen and oxygen atoms in total. The SMILES string of the molecule is CN(C)c1ccc(NC(=O)Cn2cccc2-c2nc(-c3ccc(F)c(Br)c3)no2)cc1. The third-order valence-corrected chi connectivity index (χ3v) is 5.24. The number of halogens is 2. The molecule has 0 atom stereocenters. The van der Waals surface area contributed by atoms with Crippen molar-refractivity contribution in [2.75, 3.05) is 24.3 Å². The van der Waals surface area contributed by atoms with Crippen molar-refractivity contribution in [3.8, 4) is 23.0 Å². The lowest BCUT2D eigenvalue weighted by atomic mass is 10.2. The van der Waals surface area contributed by atoms with Crippen LogP contribution in [0.1, 0.15) is 0 Å². The quantitative estimate of drug-likeness (QED) is 0.425. The highest BCUT2D eigenvalue weighted by Gasteiger charge is 2.16. The predicted octanol–water partition coefficient (Wildman–Crippen LogP) is 4.81. The maximum atomic E-state index is 13.5. The van der Waals surface area contributed by atoms with Crippen LogP contribution in [0, 0.1) is 5.82 Å². The van der Waals surface area contributed by atoms with E-state index in [1.165, 1.54) is 6.07 Å². The van der Waals surface area contributed by atoms with Crippen LogP contribution in [0.25, 0.3) is 23.0 Å². The van der Waals surface area contributed by atoms with Crippen LogP contribution in [-0.4, -0.2) is 34.7 Å². The molecule has 0 fully saturated rings. The van der Waals surface area contributed by atoms with E-state index in [1.807, 2.05) is 43.3 Å². The van der Waals surface area contributed by atoms with Crippen LogP contribution in [0.15, 0.2) is 69.8 Å². The average molecular weight is 484 g/mol. The van der Waals surface area contributed by atoms with E-state index in [2.05, 4.69) is 31.4 Å². The molecule has 0 saturated heterocycles. The van der Waals surface area contributed by atoms with Crippen molar-refractivity contribution in [3.05, 3.63) is 71.1 Å². The molecule has 1 amide bonds. The van der Waals surface area contributed by atoms with Gasteiger partial charge in [0.05, 0.1) is 4.47 Å². The first kappa shape index (κ1) is 20.8. The fraction of sp³-hybridized carbons (Fsp3) is 0.136. The molecular formula is C22H19BrFN5O2. The van der Waals surface area contributed by atoms with Gasteiger partial charge in [0.2, 0.25) is 11.7 Å². The fourth-order valence-corrected chi connectivity index (χ4v) is 3.40. The number of nitrogens with zero attached hydrogens (tertiary/aromatic N) is 4. The molecule has 0 saturated carbocycles. The van der Waals surface area contributed by atoms with E-state index < -0.39 is 0 Å². The van der Waals surface area contributed by atoms with E-state index in [4.69, 9.17) is 4.52 Å². The van der Waals surface area contributed by atoms with Gasteiger partial charge >= 0.3 is 0 Å². The van der Waals surface area contributed by atoms with Gasteiger partial charge in [-0.2, -0.15) is 4.98 Å². The van der Waals surface area contributed by atoms with Gasteiger partial charge in [0.15, 0.2) is 0 Å². The normalized spacial score (nSPS) is 10.8. The number of hydrogen-bond acceptors (Lipinski definition) is 5. The minimum absolute atomic E-state index is 0.0809. The van der Waals surface area contributed by atoms with Crippen LogP contribution in [0.4, 0.5) is 15.8 Å². The second-order valence-electron chi connectivity index (χ2n) is 7.06. The Labute approximate surface area is 186 Å². The molecule has 1 N–H and O–H groups in total. The van der Waals surface area contributed by atoms with E-state index in [-0.39, 0.29) is 24.2 Å². The molecular weight excluding hydrogens is 465 g/mol. The smallest absolute Gasteiger partial charge is 0.274 e. The standard InChI is InChI=1S/C22H19BrFN5O2/c1-28(2)16-8-6-15(7-9-16)25-20(30)13-29-11-3-4-19(29)22-26-21(27-31-22)14-5-10-18(24)17(23)12-14/h3-12H,13H2,1-2H3,(H,25,30). The summed E-state index contributed by atoms with van der Waals surface area (Å²) in [6, 6.07) is 15.6. The Morgan fingerprint density at radius 3 is 2.68 bits per heavy atom. The number of aromatic nitrogens is 3. The first-order valence-corrected chi connectivity index (χ1v) is 10.2. The highest BCUT2D eigenvalue weighted by molar-refractivity contribution is 9.10. The lowest BCUT2D eigenvalue weighted by Gasteiger charge is -2.13. The molecule has 4 rings (SSSR count). The van der Waals surface area contributed by atoms with Gasteiger partial charge < -0.3 is 19.3 Å². The Bertz CT molecular complexity index is 1220. The zero-order valence-electron chi connectivity index (χ0n) is 16.8. The summed E-state index contributed by atoms with van der Waals surface area (Å²) >= 11 is 3.15. The number of anilines is 2. The van der Waals surface area contributed by atoms with Crippen LogP contribution in [0.5, 0.6) is 0 Å². The maximum absolute atomic E-state index is 13.5. The Kier molecular flexibility index (Phi) is 5.85. The van der Waals surface area contributed by atoms with E-state index in [0.29, 0.717) is 27.2 Å². The maximum Gasteiger partial charge on any atom is 0.274 e. The molecule has 0 radical (unpaired) electrons. The van der Waals surface area contributed by atoms with Gasteiger partial charge in [-0.15, -0.1) is 0 Å². The van der Waals surface area contributed by atoms with Crippen LogP contribution >= 0.6 is 15.9 Å². The average Bonchev–Trinajstić information content (AvgIpc) is 3.40. The number of hydrogen-bond donors (Lipinski definition) is 1. The number of carbonyl (C=O) groups is 1. The van der Waals surface area contributed by atoms with Gasteiger partial charge in [-0.1, -0.05) is 5.16 Å². The van der Waals surface area contributed by atoms with Crippen molar-refractivity contribution < 1.29 is 13.7 Å². The third-order valence-electron chi connectivity index (χ3n) is 4.63. The zero-order valence-corrected chi connectivity index (χ0v) is 18.4. The van der Waals surface area contributed by atoms with Crippen molar-refractivity contribution >= 4 is 33.2 Å². The van der Waals surface area contributed by atoms with Crippen LogP contribution < -0.4 is 10.2 Å². The van der Waals surface area contributed by atoms with E-state index in [1.54, 1.807) is 35.0 Å². The van der Waals surface area contributed by atoms with Crippen LogP contribution in [0.2, 0.25) is 0 Å². The lowest BCUT2D eigenvalue weighted by Crippen LogP contribution is -2.19. The molecule has 0 spiro atoms. The molecule has 2 heterocycles.